The molecule has 4 aromatic rings. The first-order valence-corrected chi connectivity index (χ1v) is 11.2. The van der Waals surface area contributed by atoms with E-state index in [1.807, 2.05) is 42.6 Å². The molecule has 0 amide bonds. The van der Waals surface area contributed by atoms with E-state index in [9.17, 15) is 5.11 Å². The predicted molar refractivity (Wildman–Crippen MR) is 129 cm³/mol. The van der Waals surface area contributed by atoms with Crippen LogP contribution in [0.15, 0.2) is 73.1 Å². The molecule has 0 saturated carbocycles. The maximum absolute atomic E-state index is 11.3. The van der Waals surface area contributed by atoms with E-state index < -0.39 is 0 Å². The molecule has 1 fully saturated rings. The summed E-state index contributed by atoms with van der Waals surface area (Å²) in [4.78, 5) is 13.6. The van der Waals surface area contributed by atoms with Gasteiger partial charge >= 0.3 is 0 Å². The number of pyridine rings is 2. The minimum Gasteiger partial charge on any atom is -0.505 e. The number of fused-ring (bicyclic) bond motifs is 1. The molecule has 0 aliphatic carbocycles. The molecule has 1 unspecified atom stereocenters. The van der Waals surface area contributed by atoms with E-state index in [0.29, 0.717) is 10.5 Å². The number of nitrogens with zero attached hydrogens (tertiary/aromatic N) is 4. The molecule has 1 aliphatic rings. The second-order valence-electron chi connectivity index (χ2n) is 8.22. The van der Waals surface area contributed by atoms with E-state index in [2.05, 4.69) is 51.0 Å². The van der Waals surface area contributed by atoms with Crippen molar-refractivity contribution >= 4 is 28.3 Å². The number of benzene rings is 2. The quantitative estimate of drug-likeness (QED) is 0.468. The first kappa shape index (κ1) is 20.7. The van der Waals surface area contributed by atoms with Crippen molar-refractivity contribution in [1.29, 1.82) is 0 Å². The van der Waals surface area contributed by atoms with Crippen LogP contribution in [0.25, 0.3) is 10.9 Å². The summed E-state index contributed by atoms with van der Waals surface area (Å²) in [6.07, 6.45) is 3.52. The van der Waals surface area contributed by atoms with Crippen molar-refractivity contribution in [3.8, 4) is 5.75 Å². The van der Waals surface area contributed by atoms with Crippen molar-refractivity contribution in [2.45, 2.75) is 13.0 Å². The third-order valence-corrected chi connectivity index (χ3v) is 6.50. The van der Waals surface area contributed by atoms with Gasteiger partial charge in [0, 0.05) is 49.5 Å². The molecule has 1 atom stereocenters. The molecule has 3 heterocycles. The van der Waals surface area contributed by atoms with Crippen molar-refractivity contribution in [2.24, 2.45) is 0 Å². The fraction of sp³-hybridized carbons (Fsp3) is 0.231. The molecule has 1 N–H and O–H groups in total. The Bertz CT molecular complexity index is 1220. The number of hydrogen-bond donors (Lipinski definition) is 1. The van der Waals surface area contributed by atoms with Gasteiger partial charge in [-0.2, -0.15) is 0 Å². The highest BCUT2D eigenvalue weighted by Crippen LogP contribution is 2.41. The first-order valence-electron chi connectivity index (χ1n) is 10.8. The first-order chi connectivity index (χ1) is 15.6. The summed E-state index contributed by atoms with van der Waals surface area (Å²) < 4.78 is 0. The Morgan fingerprint density at radius 2 is 1.66 bits per heavy atom. The Morgan fingerprint density at radius 3 is 2.38 bits per heavy atom. The lowest BCUT2D eigenvalue weighted by Crippen LogP contribution is -2.48. The highest BCUT2D eigenvalue weighted by Gasteiger charge is 2.30. The van der Waals surface area contributed by atoms with Crippen LogP contribution in [0.2, 0.25) is 5.02 Å². The number of hydrogen-bond acceptors (Lipinski definition) is 5. The monoisotopic (exact) mass is 444 g/mol. The van der Waals surface area contributed by atoms with Gasteiger partial charge in [-0.25, -0.2) is 4.98 Å². The summed E-state index contributed by atoms with van der Waals surface area (Å²) in [6.45, 7) is 5.48. The average molecular weight is 445 g/mol. The van der Waals surface area contributed by atoms with Crippen LogP contribution in [0, 0.1) is 6.92 Å². The van der Waals surface area contributed by atoms with Crippen molar-refractivity contribution in [1.82, 2.24) is 14.9 Å². The number of rotatable bonds is 4. The fourth-order valence-corrected chi connectivity index (χ4v) is 4.77. The van der Waals surface area contributed by atoms with Crippen LogP contribution >= 0.6 is 11.6 Å². The number of piperazine rings is 1. The largest absolute Gasteiger partial charge is 0.505 e. The summed E-state index contributed by atoms with van der Waals surface area (Å²) in [7, 11) is 0. The summed E-state index contributed by atoms with van der Waals surface area (Å²) in [5, 5.41) is 12.6. The van der Waals surface area contributed by atoms with E-state index in [4.69, 9.17) is 11.6 Å². The molecular formula is C26H25ClN4O. The van der Waals surface area contributed by atoms with Gasteiger partial charge in [0.1, 0.15) is 17.1 Å². The van der Waals surface area contributed by atoms with Crippen molar-refractivity contribution in [2.75, 3.05) is 31.1 Å². The molecule has 2 aromatic heterocycles. The zero-order chi connectivity index (χ0) is 22.1. The zero-order valence-electron chi connectivity index (χ0n) is 17.9. The van der Waals surface area contributed by atoms with E-state index in [1.54, 1.807) is 6.20 Å². The van der Waals surface area contributed by atoms with Gasteiger partial charge in [-0.3, -0.25) is 9.88 Å². The molecule has 1 saturated heterocycles. The van der Waals surface area contributed by atoms with Gasteiger partial charge < -0.3 is 10.0 Å². The molecule has 0 spiro atoms. The Balaban J connectivity index is 1.54. The number of aromatic nitrogens is 2. The van der Waals surface area contributed by atoms with Crippen LogP contribution in [0.5, 0.6) is 5.75 Å². The van der Waals surface area contributed by atoms with Gasteiger partial charge in [-0.1, -0.05) is 47.5 Å². The lowest BCUT2D eigenvalue weighted by atomic mass is 9.93. The van der Waals surface area contributed by atoms with Gasteiger partial charge in [0.05, 0.1) is 11.1 Å². The van der Waals surface area contributed by atoms with E-state index >= 15 is 0 Å². The smallest absolute Gasteiger partial charge is 0.147 e. The summed E-state index contributed by atoms with van der Waals surface area (Å²) in [6, 6.07) is 20.0. The minimum absolute atomic E-state index is 0.120. The van der Waals surface area contributed by atoms with Gasteiger partial charge in [-0.05, 0) is 42.8 Å². The Labute approximate surface area is 192 Å². The van der Waals surface area contributed by atoms with Gasteiger partial charge in [0.25, 0.3) is 0 Å². The number of aromatic hydroxyl groups is 1. The van der Waals surface area contributed by atoms with E-state index in [1.165, 1.54) is 5.56 Å². The summed E-state index contributed by atoms with van der Waals surface area (Å²) in [5.41, 5.74) is 3.66. The van der Waals surface area contributed by atoms with Crippen LogP contribution in [0.4, 0.5) is 5.82 Å². The Kier molecular flexibility index (Phi) is 5.68. The number of aryl methyl sites for hydroxylation is 1. The average Bonchev–Trinajstić information content (AvgIpc) is 2.84. The molecule has 1 aliphatic heterocycles. The highest BCUT2D eigenvalue weighted by atomic mass is 35.5. The van der Waals surface area contributed by atoms with Crippen LogP contribution < -0.4 is 4.90 Å². The highest BCUT2D eigenvalue weighted by molar-refractivity contribution is 6.35. The van der Waals surface area contributed by atoms with Crippen molar-refractivity contribution in [3.05, 3.63) is 94.8 Å². The van der Waals surface area contributed by atoms with Crippen LogP contribution in [-0.4, -0.2) is 46.2 Å². The van der Waals surface area contributed by atoms with Crippen LogP contribution in [-0.2, 0) is 0 Å². The lowest BCUT2D eigenvalue weighted by molar-refractivity contribution is 0.209. The summed E-state index contributed by atoms with van der Waals surface area (Å²) in [5.74, 6) is 1.20. The molecule has 5 nitrogen and oxygen atoms in total. The van der Waals surface area contributed by atoms with E-state index in [-0.39, 0.29) is 11.8 Å². The zero-order valence-corrected chi connectivity index (χ0v) is 18.7. The molecule has 5 rings (SSSR count). The number of anilines is 1. The van der Waals surface area contributed by atoms with Crippen LogP contribution in [0.3, 0.4) is 0 Å². The minimum atomic E-state index is -0.120. The van der Waals surface area contributed by atoms with Gasteiger partial charge in [0.2, 0.25) is 0 Å². The van der Waals surface area contributed by atoms with Crippen molar-refractivity contribution in [3.63, 3.8) is 0 Å². The maximum atomic E-state index is 11.3. The molecule has 0 radical (unpaired) electrons. The van der Waals surface area contributed by atoms with Crippen LogP contribution in [0.1, 0.15) is 22.7 Å². The molecule has 2 aromatic carbocycles. The van der Waals surface area contributed by atoms with Crippen molar-refractivity contribution < 1.29 is 5.11 Å². The van der Waals surface area contributed by atoms with Gasteiger partial charge in [-0.15, -0.1) is 0 Å². The third kappa shape index (κ3) is 3.90. The Morgan fingerprint density at radius 1 is 0.906 bits per heavy atom. The maximum Gasteiger partial charge on any atom is 0.147 e. The SMILES string of the molecule is Cc1ccc(C(c2cc(Cl)c3cccnc3c2O)N2CCN(c3ccccn3)CC2)cc1. The molecule has 0 bridgehead atoms. The normalized spacial score (nSPS) is 15.8. The number of phenols is 1. The second-order valence-corrected chi connectivity index (χ2v) is 8.63. The topological polar surface area (TPSA) is 52.5 Å². The van der Waals surface area contributed by atoms with E-state index in [0.717, 1.165) is 48.5 Å². The molecular weight excluding hydrogens is 420 g/mol. The number of phenolic OH excluding ortho intramolecular Hbond substituents is 1. The summed E-state index contributed by atoms with van der Waals surface area (Å²) >= 11 is 6.65. The fourth-order valence-electron chi connectivity index (χ4n) is 4.50. The standard InChI is InChI=1S/C26H25ClN4O/c1-18-7-9-19(10-8-18)25(21-17-22(27)20-5-4-12-29-24(20)26(21)32)31-15-13-30(14-16-31)23-6-2-3-11-28-23/h2-12,17,25,32H,13-16H2,1H3. The second kappa shape index (κ2) is 8.77. The molecule has 32 heavy (non-hydrogen) atoms. The molecule has 162 valence electrons. The lowest BCUT2D eigenvalue weighted by Gasteiger charge is -2.40. The molecule has 6 heteroatoms. The van der Waals surface area contributed by atoms with Gasteiger partial charge in [0.15, 0.2) is 0 Å². The predicted octanol–water partition coefficient (Wildman–Crippen LogP) is 5.21. The number of halogens is 1. The third-order valence-electron chi connectivity index (χ3n) is 6.19. The Hall–Kier alpha value is -3.15.